The summed E-state index contributed by atoms with van der Waals surface area (Å²) in [6, 6.07) is 14.4. The van der Waals surface area contributed by atoms with Gasteiger partial charge >= 0.3 is 0 Å². The van der Waals surface area contributed by atoms with E-state index in [2.05, 4.69) is 39.1 Å². The predicted octanol–water partition coefficient (Wildman–Crippen LogP) is 3.21. The minimum absolute atomic E-state index is 0.296. The highest BCUT2D eigenvalue weighted by Crippen LogP contribution is 2.30. The van der Waals surface area contributed by atoms with Crippen molar-refractivity contribution in [3.8, 4) is 5.69 Å². The summed E-state index contributed by atoms with van der Waals surface area (Å²) in [5.41, 5.74) is 3.24. The number of nitrogens with zero attached hydrogens (tertiary/aromatic N) is 4. The van der Waals surface area contributed by atoms with Crippen LogP contribution in [0.1, 0.15) is 30.2 Å². The van der Waals surface area contributed by atoms with Crippen molar-refractivity contribution in [1.29, 1.82) is 0 Å². The highest BCUT2D eigenvalue weighted by atomic mass is 16.3. The van der Waals surface area contributed by atoms with Crippen LogP contribution in [0.4, 0.5) is 0 Å². The minimum atomic E-state index is -0.451. The van der Waals surface area contributed by atoms with Crippen LogP contribution in [-0.2, 0) is 6.54 Å². The van der Waals surface area contributed by atoms with E-state index in [0.717, 1.165) is 43.9 Å². The first-order valence-corrected chi connectivity index (χ1v) is 9.18. The molecule has 1 aromatic carbocycles. The standard InChI is InChI=1S/C21H24N4O/c26-21(20-3-1-2-10-23-20)18-8-12-24(13-9-18)15-17-4-6-19(7-5-17)25-14-11-22-16-25/h1-7,10-11,14,16,18,21,26H,8-9,12-13,15H2/t21-/m1/s1. The summed E-state index contributed by atoms with van der Waals surface area (Å²) in [7, 11) is 0. The molecule has 4 rings (SSSR count). The first-order valence-electron chi connectivity index (χ1n) is 9.18. The van der Waals surface area contributed by atoms with Gasteiger partial charge in [-0.1, -0.05) is 18.2 Å². The van der Waals surface area contributed by atoms with Crippen LogP contribution in [0.2, 0.25) is 0 Å². The summed E-state index contributed by atoms with van der Waals surface area (Å²) in [6.45, 7) is 2.98. The van der Waals surface area contributed by atoms with Gasteiger partial charge in [-0.15, -0.1) is 0 Å². The maximum atomic E-state index is 10.6. The van der Waals surface area contributed by atoms with Crippen LogP contribution in [0.3, 0.4) is 0 Å². The second-order valence-corrected chi connectivity index (χ2v) is 6.95. The van der Waals surface area contributed by atoms with Crippen LogP contribution in [0.5, 0.6) is 0 Å². The number of aliphatic hydroxyl groups excluding tert-OH is 1. The van der Waals surface area contributed by atoms with E-state index in [-0.39, 0.29) is 0 Å². The number of pyridine rings is 1. The summed E-state index contributed by atoms with van der Waals surface area (Å²) >= 11 is 0. The Labute approximate surface area is 154 Å². The highest BCUT2D eigenvalue weighted by molar-refractivity contribution is 5.34. The molecular formula is C21H24N4O. The van der Waals surface area contributed by atoms with Gasteiger partial charge in [0.2, 0.25) is 0 Å². The normalized spacial score (nSPS) is 17.3. The Balaban J connectivity index is 1.31. The molecule has 26 heavy (non-hydrogen) atoms. The molecule has 2 aromatic heterocycles. The van der Waals surface area contributed by atoms with Crippen LogP contribution in [0, 0.1) is 5.92 Å². The lowest BCUT2D eigenvalue weighted by Crippen LogP contribution is -2.35. The molecule has 134 valence electrons. The van der Waals surface area contributed by atoms with Gasteiger partial charge < -0.3 is 9.67 Å². The molecule has 0 aliphatic carbocycles. The van der Waals surface area contributed by atoms with Gasteiger partial charge in [-0.05, 0) is 61.7 Å². The number of imidazole rings is 1. The van der Waals surface area contributed by atoms with E-state index in [9.17, 15) is 5.11 Å². The summed E-state index contributed by atoms with van der Waals surface area (Å²) in [5.74, 6) is 0.296. The fourth-order valence-corrected chi connectivity index (χ4v) is 3.66. The monoisotopic (exact) mass is 348 g/mol. The summed E-state index contributed by atoms with van der Waals surface area (Å²) in [4.78, 5) is 10.9. The molecule has 0 radical (unpaired) electrons. The fraction of sp³-hybridized carbons (Fsp3) is 0.333. The Morgan fingerprint density at radius 3 is 2.50 bits per heavy atom. The van der Waals surface area contributed by atoms with Crippen LogP contribution in [-0.4, -0.2) is 37.6 Å². The number of piperidine rings is 1. The van der Waals surface area contributed by atoms with E-state index in [1.165, 1.54) is 5.56 Å². The molecule has 1 fully saturated rings. The summed E-state index contributed by atoms with van der Waals surface area (Å²) < 4.78 is 2.01. The molecule has 1 atom stereocenters. The van der Waals surface area contributed by atoms with Gasteiger partial charge in [0, 0.05) is 30.8 Å². The second-order valence-electron chi connectivity index (χ2n) is 6.95. The van der Waals surface area contributed by atoms with Crippen LogP contribution in [0.25, 0.3) is 5.69 Å². The van der Waals surface area contributed by atoms with Crippen molar-refractivity contribution in [1.82, 2.24) is 19.4 Å². The largest absolute Gasteiger partial charge is 0.387 e. The average molecular weight is 348 g/mol. The van der Waals surface area contributed by atoms with Crippen molar-refractivity contribution in [2.24, 2.45) is 5.92 Å². The second kappa shape index (κ2) is 7.81. The zero-order valence-electron chi connectivity index (χ0n) is 14.8. The molecule has 0 bridgehead atoms. The minimum Gasteiger partial charge on any atom is -0.387 e. The smallest absolute Gasteiger partial charge is 0.0991 e. The maximum absolute atomic E-state index is 10.6. The van der Waals surface area contributed by atoms with Crippen molar-refractivity contribution in [2.45, 2.75) is 25.5 Å². The Morgan fingerprint density at radius 2 is 1.85 bits per heavy atom. The van der Waals surface area contributed by atoms with E-state index < -0.39 is 6.10 Å². The zero-order valence-corrected chi connectivity index (χ0v) is 14.8. The number of likely N-dealkylation sites (tertiary alicyclic amines) is 1. The van der Waals surface area contributed by atoms with Gasteiger partial charge in [0.05, 0.1) is 18.1 Å². The third-order valence-electron chi connectivity index (χ3n) is 5.21. The van der Waals surface area contributed by atoms with Gasteiger partial charge in [0.15, 0.2) is 0 Å². The highest BCUT2D eigenvalue weighted by Gasteiger charge is 2.26. The molecule has 1 N–H and O–H groups in total. The summed E-state index contributed by atoms with van der Waals surface area (Å²) in [5, 5.41) is 10.6. The van der Waals surface area contributed by atoms with Gasteiger partial charge in [0.1, 0.15) is 0 Å². The summed E-state index contributed by atoms with van der Waals surface area (Å²) in [6.07, 6.45) is 8.86. The number of hydrogen-bond donors (Lipinski definition) is 1. The van der Waals surface area contributed by atoms with E-state index in [4.69, 9.17) is 0 Å². The molecule has 5 nitrogen and oxygen atoms in total. The Kier molecular flexibility index (Phi) is 5.09. The van der Waals surface area contributed by atoms with E-state index in [0.29, 0.717) is 5.92 Å². The average Bonchev–Trinajstić information content (AvgIpc) is 3.24. The molecule has 1 saturated heterocycles. The Morgan fingerprint density at radius 1 is 1.04 bits per heavy atom. The molecule has 0 saturated carbocycles. The third-order valence-corrected chi connectivity index (χ3v) is 5.21. The first kappa shape index (κ1) is 16.9. The lowest BCUT2D eigenvalue weighted by atomic mass is 9.89. The maximum Gasteiger partial charge on any atom is 0.0991 e. The Hall–Kier alpha value is -2.50. The van der Waals surface area contributed by atoms with Crippen molar-refractivity contribution >= 4 is 0 Å². The van der Waals surface area contributed by atoms with Crippen molar-refractivity contribution in [3.63, 3.8) is 0 Å². The number of rotatable bonds is 5. The molecule has 1 aliphatic rings. The van der Waals surface area contributed by atoms with E-state index in [1.807, 2.05) is 35.3 Å². The van der Waals surface area contributed by atoms with Crippen LogP contribution >= 0.6 is 0 Å². The quantitative estimate of drug-likeness (QED) is 0.769. The van der Waals surface area contributed by atoms with Crippen LogP contribution in [0.15, 0.2) is 67.4 Å². The van der Waals surface area contributed by atoms with Gasteiger partial charge in [-0.3, -0.25) is 9.88 Å². The lowest BCUT2D eigenvalue weighted by molar-refractivity contribution is 0.0540. The molecule has 3 aromatic rings. The lowest BCUT2D eigenvalue weighted by Gasteiger charge is -2.34. The van der Waals surface area contributed by atoms with Gasteiger partial charge in [-0.2, -0.15) is 0 Å². The molecule has 3 heterocycles. The zero-order chi connectivity index (χ0) is 17.8. The SMILES string of the molecule is O[C@@H](c1ccccn1)C1CCN(Cc2ccc(-n3ccnc3)cc2)CC1. The molecule has 0 amide bonds. The fourth-order valence-electron chi connectivity index (χ4n) is 3.66. The molecular weight excluding hydrogens is 324 g/mol. The number of hydrogen-bond acceptors (Lipinski definition) is 4. The molecule has 0 spiro atoms. The van der Waals surface area contributed by atoms with Gasteiger partial charge in [-0.25, -0.2) is 4.98 Å². The topological polar surface area (TPSA) is 54.2 Å². The molecule has 1 aliphatic heterocycles. The number of aliphatic hydroxyl groups is 1. The molecule has 5 heteroatoms. The van der Waals surface area contributed by atoms with Crippen molar-refractivity contribution in [3.05, 3.63) is 78.6 Å². The molecule has 0 unspecified atom stereocenters. The van der Waals surface area contributed by atoms with E-state index >= 15 is 0 Å². The number of benzene rings is 1. The van der Waals surface area contributed by atoms with Gasteiger partial charge in [0.25, 0.3) is 0 Å². The van der Waals surface area contributed by atoms with Crippen LogP contribution < -0.4 is 0 Å². The Bertz CT molecular complexity index is 794. The first-order chi connectivity index (χ1) is 12.8. The third kappa shape index (κ3) is 3.84. The van der Waals surface area contributed by atoms with Crippen molar-refractivity contribution in [2.75, 3.05) is 13.1 Å². The number of aromatic nitrogens is 3. The predicted molar refractivity (Wildman–Crippen MR) is 101 cm³/mol. The van der Waals surface area contributed by atoms with Crippen molar-refractivity contribution < 1.29 is 5.11 Å². The van der Waals surface area contributed by atoms with E-state index in [1.54, 1.807) is 12.4 Å².